The van der Waals surface area contributed by atoms with Crippen molar-refractivity contribution >= 4 is 67.9 Å². The van der Waals surface area contributed by atoms with E-state index in [1.807, 2.05) is 78.0 Å². The molecule has 0 fully saturated rings. The Bertz CT molecular complexity index is 2520. The summed E-state index contributed by atoms with van der Waals surface area (Å²) in [5, 5.41) is 8.10. The Morgan fingerprint density at radius 2 is 1.12 bits per heavy atom. The maximum atomic E-state index is 6.81. The number of fused-ring (bicyclic) bond motifs is 5. The van der Waals surface area contributed by atoms with Crippen LogP contribution in [-0.4, -0.2) is 11.9 Å². The average Bonchev–Trinajstić information content (AvgIpc) is 3.68. The molecule has 8 aromatic rings. The van der Waals surface area contributed by atoms with Crippen LogP contribution in [0.25, 0.3) is 38.4 Å². The van der Waals surface area contributed by atoms with Crippen LogP contribution in [0.4, 0.5) is 5.69 Å². The first kappa shape index (κ1) is 44.0. The van der Waals surface area contributed by atoms with Crippen molar-refractivity contribution in [2.24, 2.45) is 0 Å². The van der Waals surface area contributed by atoms with E-state index in [-0.39, 0.29) is 6.04 Å². The summed E-state index contributed by atoms with van der Waals surface area (Å²) in [5.74, 6) is 0. The van der Waals surface area contributed by atoms with E-state index in [4.69, 9.17) is 16.7 Å². The highest BCUT2D eigenvalue weighted by atomic mass is 31.1. The Kier molecular flexibility index (Phi) is 16.5. The van der Waals surface area contributed by atoms with Crippen molar-refractivity contribution < 1.29 is 4.42 Å². The van der Waals surface area contributed by atoms with E-state index in [0.717, 1.165) is 56.1 Å². The number of nitrogen functional groups attached to an aromatic ring is 1. The van der Waals surface area contributed by atoms with Gasteiger partial charge in [-0.05, 0) is 98.7 Å². The molecule has 8 rings (SSSR count). The Morgan fingerprint density at radius 1 is 0.593 bits per heavy atom. The van der Waals surface area contributed by atoms with Crippen LogP contribution in [0.3, 0.4) is 0 Å². The number of hydrogen-bond acceptors (Lipinski definition) is 3. The van der Waals surface area contributed by atoms with Crippen LogP contribution in [0.1, 0.15) is 64.3 Å². The summed E-state index contributed by atoms with van der Waals surface area (Å²) in [6.45, 7) is 16.7. The molecule has 59 heavy (non-hydrogen) atoms. The first-order chi connectivity index (χ1) is 28.9. The lowest BCUT2D eigenvalue weighted by atomic mass is 9.93. The topological polar surface area (TPSA) is 42.4 Å². The molecule has 0 aliphatic rings. The van der Waals surface area contributed by atoms with Gasteiger partial charge in [-0.2, -0.15) is 0 Å². The van der Waals surface area contributed by atoms with Crippen LogP contribution in [-0.2, 0) is 6.42 Å². The number of rotatable bonds is 9. The number of allylic oxidation sites excluding steroid dienone is 4. The van der Waals surface area contributed by atoms with Gasteiger partial charge in [-0.3, -0.25) is 0 Å². The minimum absolute atomic E-state index is 0.0697. The molecule has 7 aromatic carbocycles. The van der Waals surface area contributed by atoms with Gasteiger partial charge in [-0.15, -0.1) is 0 Å². The number of anilines is 1. The molecule has 1 heterocycles. The van der Waals surface area contributed by atoms with Crippen LogP contribution < -0.4 is 21.6 Å². The lowest BCUT2D eigenvalue weighted by Gasteiger charge is -2.33. The first-order valence-electron chi connectivity index (χ1n) is 20.6. The molecule has 0 spiro atoms. The highest BCUT2D eigenvalue weighted by Crippen LogP contribution is 2.43. The molecule has 0 bridgehead atoms. The quantitative estimate of drug-likeness (QED) is 0.0899. The number of furan rings is 1. The van der Waals surface area contributed by atoms with Gasteiger partial charge in [0.15, 0.2) is 0 Å². The van der Waals surface area contributed by atoms with E-state index >= 15 is 0 Å². The van der Waals surface area contributed by atoms with E-state index in [9.17, 15) is 0 Å². The predicted molar refractivity (Wildman–Crippen MR) is 263 cm³/mol. The van der Waals surface area contributed by atoms with Crippen LogP contribution in [0.15, 0.2) is 199 Å². The van der Waals surface area contributed by atoms with E-state index in [1.54, 1.807) is 0 Å². The third kappa shape index (κ3) is 10.5. The fourth-order valence-electron chi connectivity index (χ4n) is 7.10. The van der Waals surface area contributed by atoms with Crippen molar-refractivity contribution in [3.8, 4) is 0 Å². The van der Waals surface area contributed by atoms with Gasteiger partial charge >= 0.3 is 0 Å². The SMILES string of the molecule is C/C=C\C.C/C=C\C.C=C(c1cc2oc3cc(P(c4ccccc4)c4ccccc4)ccc3c2c2cccc(N)c12)N(C)C(Cc1ccccc1)c1ccccc1.CC. The Balaban J connectivity index is 0.000000601. The second kappa shape index (κ2) is 22.1. The molecule has 0 saturated carbocycles. The lowest BCUT2D eigenvalue weighted by Crippen LogP contribution is -2.25. The number of nitrogens with two attached hydrogens (primary N) is 1. The molecule has 300 valence electrons. The summed E-state index contributed by atoms with van der Waals surface area (Å²) in [4.78, 5) is 2.29. The minimum atomic E-state index is -0.765. The predicted octanol–water partition coefficient (Wildman–Crippen LogP) is 14.2. The van der Waals surface area contributed by atoms with E-state index in [1.165, 1.54) is 27.0 Å². The van der Waals surface area contributed by atoms with Crippen molar-refractivity contribution in [2.45, 2.75) is 54.0 Å². The van der Waals surface area contributed by atoms with Gasteiger partial charge < -0.3 is 15.1 Å². The van der Waals surface area contributed by atoms with Gasteiger partial charge in [0.05, 0.1) is 6.04 Å². The van der Waals surface area contributed by atoms with E-state index in [0.29, 0.717) is 0 Å². The second-order valence-electron chi connectivity index (χ2n) is 13.9. The molecule has 0 radical (unpaired) electrons. The fourth-order valence-corrected chi connectivity index (χ4v) is 9.41. The fraction of sp³-hybridized carbons (Fsp3) is 0.164. The number of hydrogen-bond donors (Lipinski definition) is 1. The zero-order valence-corrected chi connectivity index (χ0v) is 36.7. The van der Waals surface area contributed by atoms with Crippen molar-refractivity contribution in [3.05, 3.63) is 211 Å². The van der Waals surface area contributed by atoms with Crippen LogP contribution in [0.5, 0.6) is 0 Å². The monoisotopic (exact) mass is 794 g/mol. The smallest absolute Gasteiger partial charge is 0.136 e. The highest BCUT2D eigenvalue weighted by molar-refractivity contribution is 7.79. The van der Waals surface area contributed by atoms with Crippen molar-refractivity contribution in [1.29, 1.82) is 0 Å². The molecule has 0 aliphatic heterocycles. The summed E-state index contributed by atoms with van der Waals surface area (Å²) in [7, 11) is 1.37. The van der Waals surface area contributed by atoms with Gasteiger partial charge in [0.1, 0.15) is 11.2 Å². The third-order valence-electron chi connectivity index (χ3n) is 10.2. The highest BCUT2D eigenvalue weighted by Gasteiger charge is 2.24. The molecular formula is C55H59N2OP. The Hall–Kier alpha value is -6.15. The molecular weight excluding hydrogens is 736 g/mol. The van der Waals surface area contributed by atoms with Crippen LogP contribution >= 0.6 is 7.92 Å². The maximum Gasteiger partial charge on any atom is 0.136 e. The van der Waals surface area contributed by atoms with Gasteiger partial charge in [-0.1, -0.05) is 184 Å². The Morgan fingerprint density at radius 3 is 1.66 bits per heavy atom. The number of benzene rings is 7. The van der Waals surface area contributed by atoms with Gasteiger partial charge in [0, 0.05) is 40.2 Å². The molecule has 0 amide bonds. The van der Waals surface area contributed by atoms with Gasteiger partial charge in [0.25, 0.3) is 0 Å². The van der Waals surface area contributed by atoms with Crippen LogP contribution in [0, 0.1) is 0 Å². The molecule has 2 N–H and O–H groups in total. The maximum absolute atomic E-state index is 6.81. The standard InChI is InChI=1S/C45H37N2OP.2C4H8.C2H6/c1-31(47(2)41(33-18-9-4-10-19-33)28-32-16-7-3-8-17-32)39-30-43-45(38-24-15-25-40(46)44(38)39)37-27-26-36(29-42(37)48-43)49(34-20-11-5-12-21-34)35-22-13-6-14-23-35;2*1-3-4-2;1-2/h3-27,29-30,41H,1,28,46H2,2H3;2*3-4H,1-2H3;1-2H3/b;2*4-3-;. The largest absolute Gasteiger partial charge is 0.456 e. The average molecular weight is 795 g/mol. The molecule has 3 nitrogen and oxygen atoms in total. The normalized spacial score (nSPS) is 11.5. The molecule has 0 aliphatic carbocycles. The summed E-state index contributed by atoms with van der Waals surface area (Å²) in [6.07, 6.45) is 8.84. The molecule has 1 atom stereocenters. The van der Waals surface area contributed by atoms with E-state index < -0.39 is 7.92 Å². The molecule has 0 saturated heterocycles. The second-order valence-corrected chi connectivity index (χ2v) is 16.1. The van der Waals surface area contributed by atoms with E-state index in [2.05, 4.69) is 164 Å². The summed E-state index contributed by atoms with van der Waals surface area (Å²) in [5.41, 5.74) is 13.6. The molecule has 4 heteroatoms. The van der Waals surface area contributed by atoms with Gasteiger partial charge in [-0.25, -0.2) is 0 Å². The molecule has 1 aromatic heterocycles. The summed E-state index contributed by atoms with van der Waals surface area (Å²) < 4.78 is 6.78. The zero-order valence-electron chi connectivity index (χ0n) is 35.8. The van der Waals surface area contributed by atoms with Crippen LogP contribution in [0.2, 0.25) is 0 Å². The zero-order chi connectivity index (χ0) is 42.1. The van der Waals surface area contributed by atoms with Crippen molar-refractivity contribution in [2.75, 3.05) is 12.8 Å². The lowest BCUT2D eigenvalue weighted by molar-refractivity contribution is 0.354. The van der Waals surface area contributed by atoms with Crippen molar-refractivity contribution in [1.82, 2.24) is 4.90 Å². The first-order valence-corrected chi connectivity index (χ1v) is 22.0. The number of nitrogens with zero attached hydrogens (tertiary/aromatic N) is 1. The third-order valence-corrected chi connectivity index (χ3v) is 12.6. The number of likely N-dealkylation sites (N-methyl/N-ethyl adjacent to an activating group) is 1. The molecule has 1 unspecified atom stereocenters. The minimum Gasteiger partial charge on any atom is -0.456 e. The summed E-state index contributed by atoms with van der Waals surface area (Å²) in [6, 6.07) is 58.0. The van der Waals surface area contributed by atoms with Gasteiger partial charge in [0.2, 0.25) is 0 Å². The summed E-state index contributed by atoms with van der Waals surface area (Å²) >= 11 is 0. The van der Waals surface area contributed by atoms with Crippen molar-refractivity contribution in [3.63, 3.8) is 0 Å². The Labute approximate surface area is 354 Å².